The maximum Gasteiger partial charge on any atom is 0.224 e. The van der Waals surface area contributed by atoms with Crippen LogP contribution in [0.2, 0.25) is 0 Å². The van der Waals surface area contributed by atoms with Crippen molar-refractivity contribution in [2.75, 3.05) is 10.7 Å². The quantitative estimate of drug-likeness (QED) is 0.663. The van der Waals surface area contributed by atoms with E-state index >= 15 is 0 Å². The lowest BCUT2D eigenvalue weighted by Gasteiger charge is -2.30. The van der Waals surface area contributed by atoms with E-state index in [1.54, 1.807) is 0 Å². The predicted octanol–water partition coefficient (Wildman–Crippen LogP) is 4.05. The third-order valence-electron chi connectivity index (χ3n) is 2.85. The molecule has 0 aliphatic rings. The van der Waals surface area contributed by atoms with Crippen LogP contribution in [0.15, 0.2) is 28.7 Å². The van der Waals surface area contributed by atoms with Crippen molar-refractivity contribution in [3.63, 3.8) is 0 Å². The van der Waals surface area contributed by atoms with Gasteiger partial charge in [-0.1, -0.05) is 66.8 Å². The van der Waals surface area contributed by atoms with E-state index in [1.807, 2.05) is 24.3 Å². The Morgan fingerprint density at radius 3 is 2.50 bits per heavy atom. The highest BCUT2D eigenvalue weighted by atomic mass is 79.9. The minimum atomic E-state index is -0.205. The maximum absolute atomic E-state index is 12.0. The number of benzene rings is 1. The largest absolute Gasteiger partial charge is 0.349 e. The molecule has 5 heteroatoms. The van der Waals surface area contributed by atoms with Crippen LogP contribution in [-0.4, -0.2) is 22.1 Å². The summed E-state index contributed by atoms with van der Waals surface area (Å²) < 4.78 is 0.996. The van der Waals surface area contributed by atoms with Crippen molar-refractivity contribution < 1.29 is 4.79 Å². The summed E-state index contributed by atoms with van der Waals surface area (Å²) in [5.41, 5.74) is 0.805. The fourth-order valence-corrected chi connectivity index (χ4v) is 4.00. The molecule has 0 unspecified atom stereocenters. The van der Waals surface area contributed by atoms with E-state index in [1.165, 1.54) is 0 Å². The highest BCUT2D eigenvalue weighted by Gasteiger charge is 2.27. The lowest BCUT2D eigenvalue weighted by Crippen LogP contribution is -2.51. The number of rotatable bonds is 6. The molecule has 0 radical (unpaired) electrons. The second-order valence-electron chi connectivity index (χ2n) is 4.26. The molecule has 0 fully saturated rings. The van der Waals surface area contributed by atoms with Gasteiger partial charge in [0, 0.05) is 15.1 Å². The lowest BCUT2D eigenvalue weighted by atomic mass is 10.0. The van der Waals surface area contributed by atoms with Crippen molar-refractivity contribution in [2.45, 2.75) is 25.3 Å². The van der Waals surface area contributed by atoms with Gasteiger partial charge in [-0.15, -0.1) is 0 Å². The van der Waals surface area contributed by atoms with Gasteiger partial charge in [-0.2, -0.15) is 0 Å². The second kappa shape index (κ2) is 7.65. The third kappa shape index (κ3) is 4.67. The Balaban J connectivity index is 2.66. The Bertz CT molecular complexity index is 397. The maximum atomic E-state index is 12.0. The monoisotopic (exact) mass is 439 g/mol. The van der Waals surface area contributed by atoms with Crippen molar-refractivity contribution in [2.24, 2.45) is 0 Å². The molecular formula is C13H16Br3NO. The normalized spacial score (nSPS) is 11.3. The number of halogens is 3. The first-order chi connectivity index (χ1) is 8.55. The van der Waals surface area contributed by atoms with Gasteiger partial charge in [0.25, 0.3) is 0 Å². The van der Waals surface area contributed by atoms with Crippen molar-refractivity contribution in [3.05, 3.63) is 34.3 Å². The molecule has 0 saturated heterocycles. The molecule has 0 aliphatic carbocycles. The van der Waals surface area contributed by atoms with Crippen molar-refractivity contribution in [3.8, 4) is 0 Å². The van der Waals surface area contributed by atoms with Gasteiger partial charge in [-0.3, -0.25) is 4.79 Å². The number of nitrogens with one attached hydrogen (secondary N) is 1. The molecule has 1 amide bonds. The Kier molecular flexibility index (Phi) is 6.88. The summed E-state index contributed by atoms with van der Waals surface area (Å²) in [6.07, 6.45) is 1.29. The summed E-state index contributed by atoms with van der Waals surface area (Å²) in [4.78, 5) is 12.0. The zero-order valence-corrected chi connectivity index (χ0v) is 14.9. The van der Waals surface area contributed by atoms with Crippen molar-refractivity contribution in [1.82, 2.24) is 5.32 Å². The van der Waals surface area contributed by atoms with Crippen LogP contribution in [0.3, 0.4) is 0 Å². The Morgan fingerprint density at radius 2 is 2.00 bits per heavy atom. The molecular weight excluding hydrogens is 426 g/mol. The van der Waals surface area contributed by atoms with Crippen molar-refractivity contribution in [1.29, 1.82) is 0 Å². The molecule has 2 nitrogen and oxygen atoms in total. The fourth-order valence-electron chi connectivity index (χ4n) is 1.55. The van der Waals surface area contributed by atoms with Crippen LogP contribution < -0.4 is 5.32 Å². The Morgan fingerprint density at radius 1 is 1.33 bits per heavy atom. The standard InChI is InChI=1S/C13H16Br3NO/c1-2-13(8-14,9-15)17-12(18)7-10-4-3-5-11(16)6-10/h3-6H,2,7-9H2,1H3,(H,17,18). The van der Waals surface area contributed by atoms with Gasteiger partial charge in [0.15, 0.2) is 0 Å². The van der Waals surface area contributed by atoms with E-state index in [-0.39, 0.29) is 11.4 Å². The minimum Gasteiger partial charge on any atom is -0.349 e. The zero-order valence-electron chi connectivity index (χ0n) is 10.2. The molecule has 0 aromatic heterocycles. The number of alkyl halides is 2. The average molecular weight is 442 g/mol. The zero-order chi connectivity index (χ0) is 13.6. The predicted molar refractivity (Wildman–Crippen MR) is 86.6 cm³/mol. The first kappa shape index (κ1) is 16.2. The summed E-state index contributed by atoms with van der Waals surface area (Å²) in [5.74, 6) is 0.0499. The number of amides is 1. The minimum absolute atomic E-state index is 0.0499. The molecule has 100 valence electrons. The molecule has 1 aromatic carbocycles. The summed E-state index contributed by atoms with van der Waals surface area (Å²) in [6.45, 7) is 2.07. The average Bonchev–Trinajstić information content (AvgIpc) is 2.36. The van der Waals surface area contributed by atoms with Crippen LogP contribution in [0.25, 0.3) is 0 Å². The van der Waals surface area contributed by atoms with Gasteiger partial charge in [0.2, 0.25) is 5.91 Å². The summed E-state index contributed by atoms with van der Waals surface area (Å²) in [5, 5.41) is 4.58. The van der Waals surface area contributed by atoms with Gasteiger partial charge in [0.05, 0.1) is 12.0 Å². The van der Waals surface area contributed by atoms with E-state index in [0.717, 1.165) is 27.1 Å². The first-order valence-corrected chi connectivity index (χ1v) is 8.76. The number of hydrogen-bond donors (Lipinski definition) is 1. The molecule has 0 saturated carbocycles. The molecule has 0 heterocycles. The van der Waals surface area contributed by atoms with Crippen LogP contribution in [0, 0.1) is 0 Å². The first-order valence-electron chi connectivity index (χ1n) is 5.72. The summed E-state index contributed by atoms with van der Waals surface area (Å²) in [6, 6.07) is 7.82. The lowest BCUT2D eigenvalue weighted by molar-refractivity contribution is -0.121. The molecule has 1 rings (SSSR count). The van der Waals surface area contributed by atoms with E-state index in [2.05, 4.69) is 60.0 Å². The van der Waals surface area contributed by atoms with E-state index in [9.17, 15) is 4.79 Å². The highest BCUT2D eigenvalue weighted by Crippen LogP contribution is 2.18. The van der Waals surface area contributed by atoms with Crippen molar-refractivity contribution >= 4 is 53.7 Å². The van der Waals surface area contributed by atoms with E-state index in [0.29, 0.717) is 6.42 Å². The SMILES string of the molecule is CCC(CBr)(CBr)NC(=O)Cc1cccc(Br)c1. The van der Waals surface area contributed by atoms with Gasteiger partial charge in [-0.05, 0) is 24.1 Å². The second-order valence-corrected chi connectivity index (χ2v) is 6.29. The van der Waals surface area contributed by atoms with E-state index in [4.69, 9.17) is 0 Å². The van der Waals surface area contributed by atoms with Crippen LogP contribution in [0.4, 0.5) is 0 Å². The Labute approximate surface area is 133 Å². The molecule has 18 heavy (non-hydrogen) atoms. The molecule has 1 N–H and O–H groups in total. The number of hydrogen-bond acceptors (Lipinski definition) is 1. The number of carbonyl (C=O) groups excluding carboxylic acids is 1. The third-order valence-corrected chi connectivity index (χ3v) is 5.49. The summed E-state index contributed by atoms with van der Waals surface area (Å²) in [7, 11) is 0. The fraction of sp³-hybridized carbons (Fsp3) is 0.462. The van der Waals surface area contributed by atoms with Crippen LogP contribution in [-0.2, 0) is 11.2 Å². The molecule has 0 bridgehead atoms. The Hall–Kier alpha value is 0.130. The smallest absolute Gasteiger partial charge is 0.224 e. The molecule has 0 atom stereocenters. The molecule has 0 aliphatic heterocycles. The van der Waals surface area contributed by atoms with Gasteiger partial charge in [0.1, 0.15) is 0 Å². The van der Waals surface area contributed by atoms with Crippen LogP contribution in [0.1, 0.15) is 18.9 Å². The van der Waals surface area contributed by atoms with Crippen LogP contribution >= 0.6 is 47.8 Å². The van der Waals surface area contributed by atoms with Gasteiger partial charge in [-0.25, -0.2) is 0 Å². The van der Waals surface area contributed by atoms with E-state index < -0.39 is 0 Å². The molecule has 1 aromatic rings. The number of carbonyl (C=O) groups is 1. The van der Waals surface area contributed by atoms with Gasteiger partial charge < -0.3 is 5.32 Å². The topological polar surface area (TPSA) is 29.1 Å². The summed E-state index contributed by atoms with van der Waals surface area (Å²) >= 11 is 10.3. The molecule has 0 spiro atoms. The van der Waals surface area contributed by atoms with Gasteiger partial charge >= 0.3 is 0 Å². The van der Waals surface area contributed by atoms with Crippen LogP contribution in [0.5, 0.6) is 0 Å². The highest BCUT2D eigenvalue weighted by molar-refractivity contribution is 9.10.